The molecule has 0 fully saturated rings. The second-order valence-electron chi connectivity index (χ2n) is 2.69. The Morgan fingerprint density at radius 2 is 2.40 bits per heavy atom. The van der Waals surface area contributed by atoms with E-state index in [1.165, 1.54) is 12.3 Å². The minimum atomic E-state index is -1.04. The van der Waals surface area contributed by atoms with Crippen molar-refractivity contribution in [2.75, 3.05) is 6.54 Å². The third-order valence-corrected chi connectivity index (χ3v) is 1.48. The molecule has 0 unspecified atom stereocenters. The van der Waals surface area contributed by atoms with Gasteiger partial charge in [-0.3, -0.25) is 9.59 Å². The summed E-state index contributed by atoms with van der Waals surface area (Å²) in [5.41, 5.74) is 0.0816. The molecule has 0 aromatic carbocycles. The Bertz CT molecular complexity index is 385. The van der Waals surface area contributed by atoms with Gasteiger partial charge in [-0.25, -0.2) is 4.68 Å². The van der Waals surface area contributed by atoms with E-state index in [0.717, 1.165) is 4.68 Å². The number of carboxylic acid groups (broad SMARTS) is 1. The van der Waals surface area contributed by atoms with Crippen LogP contribution in [0.15, 0.2) is 18.9 Å². The van der Waals surface area contributed by atoms with Gasteiger partial charge in [-0.1, -0.05) is 11.3 Å². The van der Waals surface area contributed by atoms with Gasteiger partial charge in [0, 0.05) is 6.54 Å². The van der Waals surface area contributed by atoms with Crippen molar-refractivity contribution in [3.63, 3.8) is 0 Å². The molecule has 1 heterocycles. The number of hydrogen-bond acceptors (Lipinski definition) is 4. The maximum absolute atomic E-state index is 11.3. The maximum atomic E-state index is 11.3. The SMILES string of the molecule is C=CCNC(=O)c1cn(CC(=O)O)nn1. The molecule has 1 amide bonds. The fraction of sp³-hybridized carbons (Fsp3) is 0.250. The third kappa shape index (κ3) is 3.22. The van der Waals surface area contributed by atoms with Crippen molar-refractivity contribution < 1.29 is 14.7 Å². The third-order valence-electron chi connectivity index (χ3n) is 1.48. The fourth-order valence-corrected chi connectivity index (χ4v) is 0.874. The van der Waals surface area contributed by atoms with Gasteiger partial charge in [0.2, 0.25) is 0 Å². The lowest BCUT2D eigenvalue weighted by Crippen LogP contribution is -2.23. The molecule has 0 radical (unpaired) electrons. The number of carboxylic acids is 1. The molecule has 7 nitrogen and oxygen atoms in total. The summed E-state index contributed by atoms with van der Waals surface area (Å²) in [5, 5.41) is 18.0. The number of nitrogens with zero attached hydrogens (tertiary/aromatic N) is 3. The Hall–Kier alpha value is -2.18. The second-order valence-corrected chi connectivity index (χ2v) is 2.69. The molecule has 0 atom stereocenters. The van der Waals surface area contributed by atoms with Crippen molar-refractivity contribution in [1.29, 1.82) is 0 Å². The number of hydrogen-bond donors (Lipinski definition) is 2. The Labute approximate surface area is 85.4 Å². The summed E-state index contributed by atoms with van der Waals surface area (Å²) in [4.78, 5) is 21.6. The molecule has 0 bridgehead atoms. The van der Waals surface area contributed by atoms with E-state index < -0.39 is 11.9 Å². The molecule has 1 aromatic rings. The standard InChI is InChI=1S/C8H10N4O3/c1-2-3-9-8(15)6-4-12(11-10-6)5-7(13)14/h2,4H,1,3,5H2,(H,9,15)(H,13,14). The van der Waals surface area contributed by atoms with E-state index in [-0.39, 0.29) is 12.2 Å². The smallest absolute Gasteiger partial charge is 0.325 e. The van der Waals surface area contributed by atoms with Gasteiger partial charge < -0.3 is 10.4 Å². The van der Waals surface area contributed by atoms with Gasteiger partial charge in [-0.15, -0.1) is 11.7 Å². The number of amides is 1. The van der Waals surface area contributed by atoms with Gasteiger partial charge in [0.15, 0.2) is 5.69 Å². The number of aromatic nitrogens is 3. The molecule has 0 aliphatic rings. The van der Waals surface area contributed by atoms with Crippen molar-refractivity contribution in [3.05, 3.63) is 24.5 Å². The molecule has 0 aliphatic carbocycles. The highest BCUT2D eigenvalue weighted by Gasteiger charge is 2.10. The fourth-order valence-electron chi connectivity index (χ4n) is 0.874. The molecule has 80 valence electrons. The first-order chi connectivity index (χ1) is 7.13. The van der Waals surface area contributed by atoms with E-state index in [2.05, 4.69) is 22.2 Å². The van der Waals surface area contributed by atoms with Crippen LogP contribution in [0.4, 0.5) is 0 Å². The van der Waals surface area contributed by atoms with Gasteiger partial charge in [-0.05, 0) is 0 Å². The molecule has 0 spiro atoms. The number of carbonyl (C=O) groups excluding carboxylic acids is 1. The van der Waals surface area contributed by atoms with Crippen LogP contribution < -0.4 is 5.32 Å². The van der Waals surface area contributed by atoms with Crippen molar-refractivity contribution in [1.82, 2.24) is 20.3 Å². The largest absolute Gasteiger partial charge is 0.480 e. The first-order valence-electron chi connectivity index (χ1n) is 4.14. The zero-order chi connectivity index (χ0) is 11.3. The van der Waals surface area contributed by atoms with E-state index in [1.54, 1.807) is 0 Å². The predicted molar refractivity (Wildman–Crippen MR) is 50.2 cm³/mol. The lowest BCUT2D eigenvalue weighted by Gasteiger charge is -1.96. The van der Waals surface area contributed by atoms with Crippen LogP contribution in [0.3, 0.4) is 0 Å². The molecule has 0 saturated carbocycles. The van der Waals surface area contributed by atoms with E-state index in [1.807, 2.05) is 0 Å². The van der Waals surface area contributed by atoms with Gasteiger partial charge in [0.25, 0.3) is 5.91 Å². The van der Waals surface area contributed by atoms with Crippen LogP contribution in [0.1, 0.15) is 10.5 Å². The monoisotopic (exact) mass is 210 g/mol. The highest BCUT2D eigenvalue weighted by molar-refractivity contribution is 5.91. The number of carbonyl (C=O) groups is 2. The normalized spacial score (nSPS) is 9.60. The van der Waals surface area contributed by atoms with Crippen LogP contribution in [0.5, 0.6) is 0 Å². The molecule has 0 aliphatic heterocycles. The highest BCUT2D eigenvalue weighted by atomic mass is 16.4. The molecule has 7 heteroatoms. The molecule has 2 N–H and O–H groups in total. The molecule has 0 saturated heterocycles. The first-order valence-corrected chi connectivity index (χ1v) is 4.14. The van der Waals surface area contributed by atoms with Crippen LogP contribution in [0.25, 0.3) is 0 Å². The second kappa shape index (κ2) is 4.89. The van der Waals surface area contributed by atoms with Gasteiger partial charge in [0.1, 0.15) is 6.54 Å². The Morgan fingerprint density at radius 3 is 3.00 bits per heavy atom. The topological polar surface area (TPSA) is 97.1 Å². The number of rotatable bonds is 5. The summed E-state index contributed by atoms with van der Waals surface area (Å²) in [5.74, 6) is -1.45. The zero-order valence-electron chi connectivity index (χ0n) is 7.88. The molecular weight excluding hydrogens is 200 g/mol. The van der Waals surface area contributed by atoms with Gasteiger partial charge >= 0.3 is 5.97 Å². The molecule has 1 rings (SSSR count). The summed E-state index contributed by atoms with van der Waals surface area (Å²) < 4.78 is 1.07. The minimum absolute atomic E-state index is 0.0816. The Kier molecular flexibility index (Phi) is 3.55. The van der Waals surface area contributed by atoms with Crippen LogP contribution in [-0.2, 0) is 11.3 Å². The van der Waals surface area contributed by atoms with Crippen LogP contribution in [0.2, 0.25) is 0 Å². The summed E-state index contributed by atoms with van der Waals surface area (Å²) >= 11 is 0. The van der Waals surface area contributed by atoms with Crippen molar-refractivity contribution in [2.24, 2.45) is 0 Å². The van der Waals surface area contributed by atoms with Crippen molar-refractivity contribution >= 4 is 11.9 Å². The van der Waals surface area contributed by atoms with Crippen LogP contribution >= 0.6 is 0 Å². The zero-order valence-corrected chi connectivity index (χ0v) is 7.88. The average Bonchev–Trinajstić information content (AvgIpc) is 2.61. The van der Waals surface area contributed by atoms with Gasteiger partial charge in [0.05, 0.1) is 6.20 Å². The lowest BCUT2D eigenvalue weighted by atomic mass is 10.4. The average molecular weight is 210 g/mol. The molecular formula is C8H10N4O3. The molecule has 15 heavy (non-hydrogen) atoms. The minimum Gasteiger partial charge on any atom is -0.480 e. The van der Waals surface area contributed by atoms with Gasteiger partial charge in [-0.2, -0.15) is 0 Å². The predicted octanol–water partition coefficient (Wildman–Crippen LogP) is -0.722. The Balaban J connectivity index is 2.62. The summed E-state index contributed by atoms with van der Waals surface area (Å²) in [6, 6.07) is 0. The molecule has 1 aromatic heterocycles. The number of nitrogens with one attached hydrogen (secondary N) is 1. The lowest BCUT2D eigenvalue weighted by molar-refractivity contribution is -0.137. The first kappa shape index (κ1) is 10.9. The number of aliphatic carboxylic acids is 1. The summed E-state index contributed by atoms with van der Waals surface area (Å²) in [6.45, 7) is 3.44. The summed E-state index contributed by atoms with van der Waals surface area (Å²) in [7, 11) is 0. The van der Waals surface area contributed by atoms with E-state index in [0.29, 0.717) is 6.54 Å². The maximum Gasteiger partial charge on any atom is 0.325 e. The van der Waals surface area contributed by atoms with E-state index >= 15 is 0 Å². The van der Waals surface area contributed by atoms with E-state index in [4.69, 9.17) is 5.11 Å². The van der Waals surface area contributed by atoms with Crippen LogP contribution in [0, 0.1) is 0 Å². The van der Waals surface area contributed by atoms with Crippen molar-refractivity contribution in [2.45, 2.75) is 6.54 Å². The Morgan fingerprint density at radius 1 is 1.67 bits per heavy atom. The van der Waals surface area contributed by atoms with Crippen molar-refractivity contribution in [3.8, 4) is 0 Å². The van der Waals surface area contributed by atoms with Crippen LogP contribution in [-0.4, -0.2) is 38.5 Å². The highest BCUT2D eigenvalue weighted by Crippen LogP contribution is 1.92. The quantitative estimate of drug-likeness (QED) is 0.625. The van der Waals surface area contributed by atoms with E-state index in [9.17, 15) is 9.59 Å². The summed E-state index contributed by atoms with van der Waals surface area (Å²) in [6.07, 6.45) is 2.80.